The van der Waals surface area contributed by atoms with Gasteiger partial charge in [-0.2, -0.15) is 18.4 Å². The molecule has 0 bridgehead atoms. The molecule has 1 N–H and O–H groups in total. The highest BCUT2D eigenvalue weighted by Crippen LogP contribution is 2.36. The van der Waals surface area contributed by atoms with Gasteiger partial charge >= 0.3 is 12.1 Å². The summed E-state index contributed by atoms with van der Waals surface area (Å²) in [4.78, 5) is 13.3. The summed E-state index contributed by atoms with van der Waals surface area (Å²) in [5, 5.41) is 17.1. The molecule has 0 aromatic carbocycles. The van der Waals surface area contributed by atoms with Crippen molar-refractivity contribution in [2.75, 3.05) is 0 Å². The van der Waals surface area contributed by atoms with Crippen LogP contribution in [-0.4, -0.2) is 16.1 Å². The number of carboxylic acids is 1. The number of carbonyl (C=O) groups is 1. The number of hydrogen-bond acceptors (Lipinski definition) is 3. The summed E-state index contributed by atoms with van der Waals surface area (Å²) >= 11 is 0. The van der Waals surface area contributed by atoms with Crippen LogP contribution in [0, 0.1) is 11.3 Å². The molecule has 0 radical (unpaired) electrons. The van der Waals surface area contributed by atoms with Crippen molar-refractivity contribution in [1.82, 2.24) is 4.98 Å². The highest BCUT2D eigenvalue weighted by molar-refractivity contribution is 5.71. The monoisotopic (exact) mass is 280 g/mol. The average Bonchev–Trinajstić information content (AvgIpc) is 2.26. The molecule has 0 aliphatic heterocycles. The second-order valence-corrected chi connectivity index (χ2v) is 3.41. The van der Waals surface area contributed by atoms with Crippen LogP contribution in [0.4, 0.5) is 22.0 Å². The Morgan fingerprint density at radius 1 is 1.47 bits per heavy atom. The maximum Gasteiger partial charge on any atom is 0.433 e. The predicted molar refractivity (Wildman–Crippen MR) is 50.3 cm³/mol. The number of rotatable bonds is 3. The predicted octanol–water partition coefficient (Wildman–Crippen LogP) is 2.54. The van der Waals surface area contributed by atoms with Gasteiger partial charge in [-0.25, -0.2) is 13.8 Å². The van der Waals surface area contributed by atoms with Gasteiger partial charge in [-0.15, -0.1) is 0 Å². The van der Waals surface area contributed by atoms with Gasteiger partial charge in [0.1, 0.15) is 11.8 Å². The Labute approximate surface area is 103 Å². The normalized spacial score (nSPS) is 11.4. The molecule has 4 nitrogen and oxygen atoms in total. The minimum atomic E-state index is -5.15. The van der Waals surface area contributed by atoms with Crippen LogP contribution in [0.15, 0.2) is 6.07 Å². The van der Waals surface area contributed by atoms with Crippen molar-refractivity contribution in [1.29, 1.82) is 5.26 Å². The summed E-state index contributed by atoms with van der Waals surface area (Å²) in [6.45, 7) is 0. The minimum Gasteiger partial charge on any atom is -0.481 e. The van der Waals surface area contributed by atoms with Crippen LogP contribution in [0.2, 0.25) is 0 Å². The van der Waals surface area contributed by atoms with Gasteiger partial charge in [0.15, 0.2) is 5.69 Å². The molecule has 19 heavy (non-hydrogen) atoms. The maximum atomic E-state index is 12.5. The molecule has 0 saturated heterocycles. The molecule has 0 aliphatic carbocycles. The van der Waals surface area contributed by atoms with Gasteiger partial charge < -0.3 is 5.11 Å². The zero-order valence-corrected chi connectivity index (χ0v) is 9.00. The van der Waals surface area contributed by atoms with Crippen LogP contribution in [0.1, 0.15) is 28.9 Å². The van der Waals surface area contributed by atoms with E-state index in [0.717, 1.165) is 0 Å². The quantitative estimate of drug-likeness (QED) is 0.863. The Hall–Kier alpha value is -2.24. The van der Waals surface area contributed by atoms with Gasteiger partial charge in [-0.1, -0.05) is 0 Å². The molecule has 1 aromatic rings. The third-order valence-electron chi connectivity index (χ3n) is 2.08. The molecule has 0 fully saturated rings. The summed E-state index contributed by atoms with van der Waals surface area (Å²) in [5.41, 5.74) is -4.65. The lowest BCUT2D eigenvalue weighted by molar-refractivity contribution is -0.143. The number of nitrogens with zero attached hydrogens (tertiary/aromatic N) is 2. The Balaban J connectivity index is 3.52. The summed E-state index contributed by atoms with van der Waals surface area (Å²) in [6, 6.07) is 1.61. The van der Waals surface area contributed by atoms with Gasteiger partial charge in [0.25, 0.3) is 6.43 Å². The van der Waals surface area contributed by atoms with E-state index in [-0.39, 0.29) is 0 Å². The number of nitriles is 1. The van der Waals surface area contributed by atoms with Crippen molar-refractivity contribution in [3.8, 4) is 6.07 Å². The highest BCUT2D eigenvalue weighted by Gasteiger charge is 2.38. The number of aliphatic carboxylic acids is 1. The Bertz CT molecular complexity index is 548. The zero-order chi connectivity index (χ0) is 14.8. The Morgan fingerprint density at radius 2 is 2.05 bits per heavy atom. The summed E-state index contributed by atoms with van der Waals surface area (Å²) in [5.74, 6) is -1.47. The van der Waals surface area contributed by atoms with E-state index in [1.807, 2.05) is 0 Å². The number of hydrogen-bond donors (Lipinski definition) is 1. The summed E-state index contributed by atoms with van der Waals surface area (Å²) in [6.07, 6.45) is -9.50. The molecular weight excluding hydrogens is 275 g/mol. The molecule has 0 atom stereocenters. The molecule has 0 saturated carbocycles. The summed E-state index contributed by atoms with van der Waals surface area (Å²) < 4.78 is 62.6. The standard InChI is InChI=1S/C10H5F5N2O2/c11-9(12)5-1-4(2-7(18)19)6(3-16)17-8(5)10(13,14)15/h1,9H,2H2,(H,18,19). The van der Waals surface area contributed by atoms with Gasteiger partial charge in [-0.3, -0.25) is 4.79 Å². The molecule has 1 heterocycles. The first-order chi connectivity index (χ1) is 8.66. The molecule has 0 unspecified atom stereocenters. The second-order valence-electron chi connectivity index (χ2n) is 3.41. The van der Waals surface area contributed by atoms with Gasteiger partial charge in [-0.05, 0) is 6.07 Å². The van der Waals surface area contributed by atoms with E-state index in [1.165, 1.54) is 6.07 Å². The fourth-order valence-corrected chi connectivity index (χ4v) is 1.36. The number of aromatic nitrogens is 1. The van der Waals surface area contributed by atoms with Gasteiger partial charge in [0.2, 0.25) is 0 Å². The minimum absolute atomic E-state index is 0.354. The van der Waals surface area contributed by atoms with Crippen LogP contribution < -0.4 is 0 Å². The lowest BCUT2D eigenvalue weighted by Crippen LogP contribution is -2.16. The van der Waals surface area contributed by atoms with Crippen molar-refractivity contribution >= 4 is 5.97 Å². The second kappa shape index (κ2) is 5.17. The molecule has 9 heteroatoms. The molecule has 102 valence electrons. The molecule has 0 aliphatic rings. The SMILES string of the molecule is N#Cc1nc(C(F)(F)F)c(C(F)F)cc1CC(=O)O. The zero-order valence-electron chi connectivity index (χ0n) is 9.00. The Morgan fingerprint density at radius 3 is 2.42 bits per heavy atom. The van der Waals surface area contributed by atoms with Crippen molar-refractivity contribution in [3.63, 3.8) is 0 Å². The first-order valence-corrected chi connectivity index (χ1v) is 4.68. The van der Waals surface area contributed by atoms with E-state index in [0.29, 0.717) is 6.07 Å². The smallest absolute Gasteiger partial charge is 0.433 e. The van der Waals surface area contributed by atoms with E-state index >= 15 is 0 Å². The fourth-order valence-electron chi connectivity index (χ4n) is 1.36. The largest absolute Gasteiger partial charge is 0.481 e. The van der Waals surface area contributed by atoms with Crippen LogP contribution >= 0.6 is 0 Å². The fraction of sp³-hybridized carbons (Fsp3) is 0.300. The molecule has 1 rings (SSSR count). The van der Waals surface area contributed by atoms with Crippen LogP contribution in [0.3, 0.4) is 0 Å². The lowest BCUT2D eigenvalue weighted by atomic mass is 10.0. The maximum absolute atomic E-state index is 12.5. The highest BCUT2D eigenvalue weighted by atomic mass is 19.4. The van der Waals surface area contributed by atoms with Gasteiger partial charge in [0.05, 0.1) is 6.42 Å². The first kappa shape index (κ1) is 14.8. The average molecular weight is 280 g/mol. The molecule has 0 amide bonds. The first-order valence-electron chi connectivity index (χ1n) is 4.68. The van der Waals surface area contributed by atoms with E-state index < -0.39 is 47.5 Å². The molecule has 0 spiro atoms. The van der Waals surface area contributed by atoms with Crippen molar-refractivity contribution in [2.45, 2.75) is 19.0 Å². The van der Waals surface area contributed by atoms with E-state index in [2.05, 4.69) is 4.98 Å². The van der Waals surface area contributed by atoms with Crippen molar-refractivity contribution in [3.05, 3.63) is 28.6 Å². The summed E-state index contributed by atoms with van der Waals surface area (Å²) in [7, 11) is 0. The van der Waals surface area contributed by atoms with Crippen molar-refractivity contribution < 1.29 is 31.9 Å². The van der Waals surface area contributed by atoms with Crippen molar-refractivity contribution in [2.24, 2.45) is 0 Å². The number of pyridine rings is 1. The van der Waals surface area contributed by atoms with E-state index in [9.17, 15) is 26.7 Å². The number of alkyl halides is 5. The van der Waals surface area contributed by atoms with Crippen LogP contribution in [0.5, 0.6) is 0 Å². The lowest BCUT2D eigenvalue weighted by Gasteiger charge is -2.13. The van der Waals surface area contributed by atoms with E-state index in [4.69, 9.17) is 10.4 Å². The van der Waals surface area contributed by atoms with Gasteiger partial charge in [0, 0.05) is 11.1 Å². The molecule has 1 aromatic heterocycles. The van der Waals surface area contributed by atoms with E-state index in [1.54, 1.807) is 0 Å². The number of carboxylic acid groups (broad SMARTS) is 1. The third kappa shape index (κ3) is 3.37. The molecular formula is C10H5F5N2O2. The topological polar surface area (TPSA) is 74.0 Å². The number of halogens is 5. The van der Waals surface area contributed by atoms with Crippen LogP contribution in [0.25, 0.3) is 0 Å². The third-order valence-corrected chi connectivity index (χ3v) is 2.08. The Kier molecular flexibility index (Phi) is 4.04. The van der Waals surface area contributed by atoms with Crippen LogP contribution in [-0.2, 0) is 17.4 Å².